The van der Waals surface area contributed by atoms with Gasteiger partial charge in [-0.15, -0.1) is 9.97 Å². The van der Waals surface area contributed by atoms with Gasteiger partial charge in [-0.05, 0) is 18.2 Å². The zero-order chi connectivity index (χ0) is 10.1. The van der Waals surface area contributed by atoms with Gasteiger partial charge in [0, 0.05) is 0 Å². The average molecular weight is 197 g/mol. The van der Waals surface area contributed by atoms with Gasteiger partial charge in [0.25, 0.3) is 0 Å². The molecule has 0 atom stereocenters. The van der Waals surface area contributed by atoms with Crippen molar-refractivity contribution in [3.8, 4) is 5.95 Å². The van der Waals surface area contributed by atoms with E-state index in [0.29, 0.717) is 5.95 Å². The monoisotopic (exact) mass is 197 g/mol. The van der Waals surface area contributed by atoms with E-state index in [1.165, 1.54) is 0 Å². The number of H-pyrrole nitrogens is 1. The summed E-state index contributed by atoms with van der Waals surface area (Å²) in [5, 5.41) is 0. The molecule has 0 spiro atoms. The summed E-state index contributed by atoms with van der Waals surface area (Å²) in [4.78, 5) is 11.6. The highest BCUT2D eigenvalue weighted by molar-refractivity contribution is 5.70. The first-order chi connectivity index (χ1) is 7.45. The van der Waals surface area contributed by atoms with E-state index in [4.69, 9.17) is 0 Å². The minimum Gasteiger partial charge on any atom is -0.293 e. The van der Waals surface area contributed by atoms with Gasteiger partial charge in [-0.25, -0.2) is 0 Å². The highest BCUT2D eigenvalue weighted by Gasteiger charge is 2.11. The second-order valence-corrected chi connectivity index (χ2v) is 3.21. The van der Waals surface area contributed by atoms with Crippen LogP contribution in [-0.2, 0) is 0 Å². The fourth-order valence-electron chi connectivity index (χ4n) is 1.59. The van der Waals surface area contributed by atoms with Gasteiger partial charge in [-0.3, -0.25) is 4.98 Å². The van der Waals surface area contributed by atoms with Crippen molar-refractivity contribution >= 4 is 11.0 Å². The molecule has 2 heterocycles. The van der Waals surface area contributed by atoms with Gasteiger partial charge in [0.05, 0.1) is 12.4 Å². The zero-order valence-corrected chi connectivity index (χ0v) is 7.96. The van der Waals surface area contributed by atoms with Crippen LogP contribution in [0.25, 0.3) is 17.0 Å². The first-order valence-corrected chi connectivity index (χ1v) is 4.70. The van der Waals surface area contributed by atoms with Gasteiger partial charge in [0.2, 0.25) is 0 Å². The lowest BCUT2D eigenvalue weighted by Crippen LogP contribution is -2.31. The third-order valence-corrected chi connectivity index (χ3v) is 2.28. The maximum atomic E-state index is 4.20. The van der Waals surface area contributed by atoms with Crippen LogP contribution >= 0.6 is 0 Å². The quantitative estimate of drug-likeness (QED) is 0.596. The van der Waals surface area contributed by atoms with Crippen LogP contribution in [0.2, 0.25) is 0 Å². The molecule has 3 aromatic rings. The molecule has 0 radical (unpaired) electrons. The number of hydrogen-bond donors (Lipinski definition) is 1. The van der Waals surface area contributed by atoms with Crippen LogP contribution in [0.1, 0.15) is 0 Å². The smallest absolute Gasteiger partial charge is 0.293 e. The summed E-state index contributed by atoms with van der Waals surface area (Å²) in [7, 11) is 0. The van der Waals surface area contributed by atoms with E-state index >= 15 is 0 Å². The SMILES string of the molecule is c1cnc(-[n+]2c[nH]c3ccccc32)nc1. The number of imidazole rings is 1. The molecule has 4 heteroatoms. The predicted molar refractivity (Wildman–Crippen MR) is 55.4 cm³/mol. The van der Waals surface area contributed by atoms with Crippen molar-refractivity contribution in [2.75, 3.05) is 0 Å². The molecule has 1 aromatic carbocycles. The third-order valence-electron chi connectivity index (χ3n) is 2.28. The summed E-state index contributed by atoms with van der Waals surface area (Å²) in [6.45, 7) is 0. The Morgan fingerprint density at radius 1 is 1.00 bits per heavy atom. The van der Waals surface area contributed by atoms with E-state index in [9.17, 15) is 0 Å². The van der Waals surface area contributed by atoms with Gasteiger partial charge in [0.1, 0.15) is 11.0 Å². The number of para-hydroxylation sites is 2. The normalized spacial score (nSPS) is 10.7. The van der Waals surface area contributed by atoms with E-state index in [1.807, 2.05) is 35.2 Å². The molecule has 0 unspecified atom stereocenters. The van der Waals surface area contributed by atoms with Crippen LogP contribution in [0.4, 0.5) is 0 Å². The molecule has 0 fully saturated rings. The van der Waals surface area contributed by atoms with Gasteiger partial charge >= 0.3 is 5.95 Å². The minimum atomic E-state index is 0.676. The van der Waals surface area contributed by atoms with Crippen molar-refractivity contribution in [1.29, 1.82) is 0 Å². The molecule has 0 saturated heterocycles. The van der Waals surface area contributed by atoms with E-state index in [1.54, 1.807) is 18.5 Å². The Balaban J connectivity index is 2.28. The van der Waals surface area contributed by atoms with E-state index < -0.39 is 0 Å². The standard InChI is InChI=1S/C11H8N4/c1-2-5-10-9(4-1)14-8-15(10)11-12-6-3-7-13-11/h1-8H/p+1. The van der Waals surface area contributed by atoms with Crippen LogP contribution in [0.5, 0.6) is 0 Å². The highest BCUT2D eigenvalue weighted by atomic mass is 15.2. The number of nitrogens with zero attached hydrogens (tertiary/aromatic N) is 3. The van der Waals surface area contributed by atoms with Crippen molar-refractivity contribution in [1.82, 2.24) is 15.0 Å². The van der Waals surface area contributed by atoms with Crippen molar-refractivity contribution in [3.63, 3.8) is 0 Å². The molecule has 72 valence electrons. The fraction of sp³-hybridized carbons (Fsp3) is 0. The van der Waals surface area contributed by atoms with Gasteiger partial charge in [-0.2, -0.15) is 4.57 Å². The number of fused-ring (bicyclic) bond motifs is 1. The predicted octanol–water partition coefficient (Wildman–Crippen LogP) is 1.23. The maximum absolute atomic E-state index is 4.20. The number of hydrogen-bond acceptors (Lipinski definition) is 2. The Bertz CT molecular complexity index is 586. The van der Waals surface area contributed by atoms with Gasteiger partial charge in [0.15, 0.2) is 6.33 Å². The molecule has 0 saturated carbocycles. The molecule has 0 bridgehead atoms. The van der Waals surface area contributed by atoms with E-state index in [-0.39, 0.29) is 0 Å². The Morgan fingerprint density at radius 2 is 1.80 bits per heavy atom. The number of aromatic amines is 1. The summed E-state index contributed by atoms with van der Waals surface area (Å²) >= 11 is 0. The number of nitrogens with one attached hydrogen (secondary N) is 1. The van der Waals surface area contributed by atoms with Crippen molar-refractivity contribution in [2.24, 2.45) is 0 Å². The van der Waals surface area contributed by atoms with Crippen molar-refractivity contribution < 1.29 is 4.57 Å². The zero-order valence-electron chi connectivity index (χ0n) is 7.96. The molecule has 0 amide bonds. The Morgan fingerprint density at radius 3 is 2.67 bits per heavy atom. The lowest BCUT2D eigenvalue weighted by atomic mass is 10.3. The topological polar surface area (TPSA) is 45.5 Å². The third kappa shape index (κ3) is 1.27. The molecule has 1 N–H and O–H groups in total. The van der Waals surface area contributed by atoms with Gasteiger partial charge in [-0.1, -0.05) is 12.1 Å². The molecule has 15 heavy (non-hydrogen) atoms. The lowest BCUT2D eigenvalue weighted by molar-refractivity contribution is -0.575. The molecule has 0 aliphatic rings. The van der Waals surface area contributed by atoms with Crippen molar-refractivity contribution in [2.45, 2.75) is 0 Å². The molecular weight excluding hydrogens is 188 g/mol. The molecule has 0 aliphatic carbocycles. The summed E-state index contributed by atoms with van der Waals surface area (Å²) in [5.74, 6) is 0.676. The minimum absolute atomic E-state index is 0.676. The van der Waals surface area contributed by atoms with E-state index in [0.717, 1.165) is 11.0 Å². The summed E-state index contributed by atoms with van der Waals surface area (Å²) in [6.07, 6.45) is 5.33. The van der Waals surface area contributed by atoms with Gasteiger partial charge < -0.3 is 0 Å². The number of aromatic nitrogens is 4. The van der Waals surface area contributed by atoms with Crippen LogP contribution < -0.4 is 4.57 Å². The number of benzene rings is 1. The Kier molecular flexibility index (Phi) is 1.71. The maximum Gasteiger partial charge on any atom is 0.389 e. The average Bonchev–Trinajstić information content (AvgIpc) is 2.74. The second-order valence-electron chi connectivity index (χ2n) is 3.21. The first kappa shape index (κ1) is 8.11. The fourth-order valence-corrected chi connectivity index (χ4v) is 1.59. The molecular formula is C11H9N4+. The molecule has 2 aromatic heterocycles. The van der Waals surface area contributed by atoms with Crippen LogP contribution in [0.15, 0.2) is 49.1 Å². The first-order valence-electron chi connectivity index (χ1n) is 4.70. The second kappa shape index (κ2) is 3.16. The largest absolute Gasteiger partial charge is 0.389 e. The van der Waals surface area contributed by atoms with Crippen LogP contribution in [0.3, 0.4) is 0 Å². The van der Waals surface area contributed by atoms with Crippen molar-refractivity contribution in [3.05, 3.63) is 49.1 Å². The van der Waals surface area contributed by atoms with Crippen LogP contribution in [-0.4, -0.2) is 15.0 Å². The summed E-state index contributed by atoms with van der Waals surface area (Å²) in [5.41, 5.74) is 2.15. The molecule has 0 aliphatic heterocycles. The van der Waals surface area contributed by atoms with E-state index in [2.05, 4.69) is 15.0 Å². The Labute approximate surface area is 86.2 Å². The molecule has 3 rings (SSSR count). The summed E-state index contributed by atoms with van der Waals surface area (Å²) < 4.78 is 1.93. The Hall–Kier alpha value is -2.23. The lowest BCUT2D eigenvalue weighted by Gasteiger charge is -1.91. The molecule has 4 nitrogen and oxygen atoms in total. The highest BCUT2D eigenvalue weighted by Crippen LogP contribution is 2.06. The number of rotatable bonds is 1. The van der Waals surface area contributed by atoms with Crippen LogP contribution in [0, 0.1) is 0 Å². The summed E-state index contributed by atoms with van der Waals surface area (Å²) in [6, 6.07) is 9.85.